The summed E-state index contributed by atoms with van der Waals surface area (Å²) in [7, 11) is 0. The lowest BCUT2D eigenvalue weighted by Gasteiger charge is -2.21. The summed E-state index contributed by atoms with van der Waals surface area (Å²) in [5.41, 5.74) is -2.43. The SMILES string of the molecule is CC(Oc1cc(-c2cc(C(=O)O)c(Cl)cn2)c(F)cc1C(=O)Nc1c(F)cccc1Cl)C(F)(F)F. The maximum absolute atomic E-state index is 15.0. The van der Waals surface area contributed by atoms with E-state index >= 15 is 0 Å². The molecular weight excluding hydrogens is 522 g/mol. The van der Waals surface area contributed by atoms with Crippen molar-refractivity contribution in [2.75, 3.05) is 5.32 Å². The molecule has 13 heteroatoms. The highest BCUT2D eigenvalue weighted by molar-refractivity contribution is 6.34. The van der Waals surface area contributed by atoms with Crippen molar-refractivity contribution in [3.8, 4) is 17.0 Å². The number of aromatic carboxylic acids is 1. The molecule has 0 aliphatic rings. The highest BCUT2D eigenvalue weighted by Gasteiger charge is 2.39. The van der Waals surface area contributed by atoms with Gasteiger partial charge in [-0.05, 0) is 37.3 Å². The Hall–Kier alpha value is -3.44. The highest BCUT2D eigenvalue weighted by Crippen LogP contribution is 2.35. The number of ether oxygens (including phenoxy) is 1. The van der Waals surface area contributed by atoms with E-state index in [1.54, 1.807) is 0 Å². The first-order valence-electron chi connectivity index (χ1n) is 9.51. The molecule has 0 spiro atoms. The number of para-hydroxylation sites is 1. The third-order valence-electron chi connectivity index (χ3n) is 4.64. The predicted molar refractivity (Wildman–Crippen MR) is 117 cm³/mol. The molecule has 6 nitrogen and oxygen atoms in total. The molecule has 0 saturated heterocycles. The molecule has 1 unspecified atom stereocenters. The molecule has 3 rings (SSSR count). The van der Waals surface area contributed by atoms with Crippen molar-refractivity contribution >= 4 is 40.8 Å². The van der Waals surface area contributed by atoms with Gasteiger partial charge in [0.05, 0.1) is 32.6 Å². The molecule has 0 bridgehead atoms. The van der Waals surface area contributed by atoms with Gasteiger partial charge in [0.2, 0.25) is 0 Å². The number of pyridine rings is 1. The Balaban J connectivity index is 2.13. The largest absolute Gasteiger partial charge is 0.480 e. The number of rotatable bonds is 6. The van der Waals surface area contributed by atoms with Gasteiger partial charge >= 0.3 is 12.1 Å². The highest BCUT2D eigenvalue weighted by atomic mass is 35.5. The lowest BCUT2D eigenvalue weighted by atomic mass is 10.0. The third kappa shape index (κ3) is 5.80. The maximum Gasteiger partial charge on any atom is 0.425 e. The molecule has 0 radical (unpaired) electrons. The molecule has 0 aliphatic carbocycles. The standard InChI is InChI=1S/C22H13Cl2F5N2O4/c1-9(22(27,28)29)35-18-7-11(17-6-10(21(33)34)14(24)8-30-17)16(26)5-12(18)20(32)31-19-13(23)3-2-4-15(19)25/h2-9H,1H3,(H,31,32)(H,33,34). The van der Waals surface area contributed by atoms with Crippen molar-refractivity contribution in [2.24, 2.45) is 0 Å². The quantitative estimate of drug-likeness (QED) is 0.347. The van der Waals surface area contributed by atoms with Crippen LogP contribution in [0.2, 0.25) is 10.0 Å². The second-order valence-electron chi connectivity index (χ2n) is 7.04. The number of benzene rings is 2. The number of hydrogen-bond acceptors (Lipinski definition) is 4. The number of alkyl halides is 3. The van der Waals surface area contributed by atoms with Crippen molar-refractivity contribution < 1.29 is 41.4 Å². The minimum Gasteiger partial charge on any atom is -0.480 e. The molecule has 184 valence electrons. The number of aromatic nitrogens is 1. The molecule has 35 heavy (non-hydrogen) atoms. The number of anilines is 1. The lowest BCUT2D eigenvalue weighted by Crippen LogP contribution is -2.32. The lowest BCUT2D eigenvalue weighted by molar-refractivity contribution is -0.189. The van der Waals surface area contributed by atoms with Crippen LogP contribution in [0.25, 0.3) is 11.3 Å². The van der Waals surface area contributed by atoms with Crippen molar-refractivity contribution in [1.29, 1.82) is 0 Å². The zero-order valence-electron chi connectivity index (χ0n) is 17.4. The first-order valence-corrected chi connectivity index (χ1v) is 10.3. The van der Waals surface area contributed by atoms with Gasteiger partial charge in [0.15, 0.2) is 6.10 Å². The minimum absolute atomic E-state index is 0.215. The Morgan fingerprint density at radius 3 is 2.34 bits per heavy atom. The van der Waals surface area contributed by atoms with E-state index in [1.807, 2.05) is 0 Å². The van der Waals surface area contributed by atoms with E-state index in [0.29, 0.717) is 13.0 Å². The molecule has 2 aromatic carbocycles. The molecular formula is C22H13Cl2F5N2O4. The zero-order chi connectivity index (χ0) is 26.1. The maximum atomic E-state index is 15.0. The molecule has 1 atom stereocenters. The summed E-state index contributed by atoms with van der Waals surface area (Å²) in [5.74, 6) is -5.51. The van der Waals surface area contributed by atoms with Gasteiger partial charge < -0.3 is 15.2 Å². The fourth-order valence-electron chi connectivity index (χ4n) is 2.83. The van der Waals surface area contributed by atoms with Gasteiger partial charge in [-0.3, -0.25) is 9.78 Å². The second kappa shape index (κ2) is 10.0. The van der Waals surface area contributed by atoms with Crippen molar-refractivity contribution in [3.63, 3.8) is 0 Å². The van der Waals surface area contributed by atoms with E-state index in [4.69, 9.17) is 27.9 Å². The Morgan fingerprint density at radius 2 is 1.74 bits per heavy atom. The predicted octanol–water partition coefficient (Wildman–Crippen LogP) is 6.61. The summed E-state index contributed by atoms with van der Waals surface area (Å²) in [6, 6.07) is 5.68. The smallest absolute Gasteiger partial charge is 0.425 e. The Labute approximate surface area is 204 Å². The fourth-order valence-corrected chi connectivity index (χ4v) is 3.22. The van der Waals surface area contributed by atoms with Crippen LogP contribution in [0.3, 0.4) is 0 Å². The number of nitrogens with zero attached hydrogens (tertiary/aromatic N) is 1. The third-order valence-corrected chi connectivity index (χ3v) is 5.26. The number of halogens is 7. The van der Waals surface area contributed by atoms with Gasteiger partial charge in [-0.25, -0.2) is 13.6 Å². The van der Waals surface area contributed by atoms with Crippen LogP contribution < -0.4 is 10.1 Å². The van der Waals surface area contributed by atoms with Gasteiger partial charge in [-0.2, -0.15) is 13.2 Å². The van der Waals surface area contributed by atoms with Gasteiger partial charge in [0.25, 0.3) is 5.91 Å². The van der Waals surface area contributed by atoms with Crippen molar-refractivity contribution in [1.82, 2.24) is 4.98 Å². The molecule has 1 amide bonds. The first-order chi connectivity index (χ1) is 16.3. The van der Waals surface area contributed by atoms with Crippen molar-refractivity contribution in [2.45, 2.75) is 19.2 Å². The number of carbonyl (C=O) groups is 2. The summed E-state index contributed by atoms with van der Waals surface area (Å²) in [6.07, 6.45) is -6.37. The Bertz CT molecular complexity index is 1300. The molecule has 0 aliphatic heterocycles. The second-order valence-corrected chi connectivity index (χ2v) is 7.85. The van der Waals surface area contributed by atoms with E-state index in [0.717, 1.165) is 24.4 Å². The number of amides is 1. The van der Waals surface area contributed by atoms with Crippen LogP contribution >= 0.6 is 23.2 Å². The summed E-state index contributed by atoms with van der Waals surface area (Å²) in [5, 5.41) is 10.8. The number of hydrogen-bond donors (Lipinski definition) is 2. The van der Waals surface area contributed by atoms with Crippen LogP contribution in [0.1, 0.15) is 27.6 Å². The normalized spacial score (nSPS) is 12.2. The van der Waals surface area contributed by atoms with Gasteiger partial charge in [0, 0.05) is 11.8 Å². The minimum atomic E-state index is -4.86. The molecule has 0 saturated carbocycles. The van der Waals surface area contributed by atoms with E-state index in [9.17, 15) is 36.6 Å². The van der Waals surface area contributed by atoms with E-state index in [-0.39, 0.29) is 15.7 Å². The molecule has 0 fully saturated rings. The number of carboxylic acid groups (broad SMARTS) is 1. The van der Waals surface area contributed by atoms with Crippen LogP contribution in [-0.2, 0) is 0 Å². The molecule has 2 N–H and O–H groups in total. The summed E-state index contributed by atoms with van der Waals surface area (Å²) >= 11 is 11.6. The fraction of sp³-hybridized carbons (Fsp3) is 0.136. The van der Waals surface area contributed by atoms with Crippen LogP contribution in [0.4, 0.5) is 27.6 Å². The van der Waals surface area contributed by atoms with Crippen LogP contribution in [0, 0.1) is 11.6 Å². The van der Waals surface area contributed by atoms with Crippen molar-refractivity contribution in [3.05, 3.63) is 75.4 Å². The summed E-state index contributed by atoms with van der Waals surface area (Å²) in [6.45, 7) is 0.654. The Kier molecular flexibility index (Phi) is 7.51. The van der Waals surface area contributed by atoms with E-state index in [1.165, 1.54) is 12.1 Å². The molecule has 3 aromatic rings. The zero-order valence-corrected chi connectivity index (χ0v) is 18.9. The average molecular weight is 535 g/mol. The summed E-state index contributed by atoms with van der Waals surface area (Å²) in [4.78, 5) is 27.9. The molecule has 1 aromatic heterocycles. The van der Waals surface area contributed by atoms with Crippen LogP contribution in [-0.4, -0.2) is 34.2 Å². The van der Waals surface area contributed by atoms with E-state index < -0.39 is 63.9 Å². The Morgan fingerprint density at radius 1 is 1.06 bits per heavy atom. The molecule has 1 heterocycles. The first kappa shape index (κ1) is 26.2. The van der Waals surface area contributed by atoms with Gasteiger partial charge in [-0.15, -0.1) is 0 Å². The monoisotopic (exact) mass is 534 g/mol. The van der Waals surface area contributed by atoms with Gasteiger partial charge in [-0.1, -0.05) is 29.3 Å². The topological polar surface area (TPSA) is 88.5 Å². The number of carbonyl (C=O) groups excluding carboxylic acids is 1. The number of carboxylic acids is 1. The van der Waals surface area contributed by atoms with E-state index in [2.05, 4.69) is 10.3 Å². The average Bonchev–Trinajstić information content (AvgIpc) is 2.76. The van der Waals surface area contributed by atoms with Crippen LogP contribution in [0.15, 0.2) is 42.6 Å². The van der Waals surface area contributed by atoms with Gasteiger partial charge in [0.1, 0.15) is 17.4 Å². The summed E-state index contributed by atoms with van der Waals surface area (Å²) < 4.78 is 73.4. The number of nitrogens with one attached hydrogen (secondary N) is 1. The van der Waals surface area contributed by atoms with Crippen LogP contribution in [0.5, 0.6) is 5.75 Å².